The number of carbonyl (C=O) groups excluding carboxylic acids is 1. The Morgan fingerprint density at radius 1 is 1.07 bits per heavy atom. The molecule has 0 aliphatic carbocycles. The molecule has 3 rings (SSSR count). The normalized spacial score (nSPS) is 12.1. The van der Waals surface area contributed by atoms with E-state index >= 15 is 0 Å². The van der Waals surface area contributed by atoms with Gasteiger partial charge < -0.3 is 5.32 Å². The number of para-hydroxylation sites is 1. The van der Waals surface area contributed by atoms with E-state index in [0.717, 1.165) is 34.6 Å². The van der Waals surface area contributed by atoms with Crippen LogP contribution in [0.1, 0.15) is 37.0 Å². The maximum Gasteiger partial charge on any atom is 0.237 e. The van der Waals surface area contributed by atoms with Crippen molar-refractivity contribution in [3.8, 4) is 0 Å². The summed E-state index contributed by atoms with van der Waals surface area (Å²) in [6.07, 6.45) is 1.74. The summed E-state index contributed by atoms with van der Waals surface area (Å²) < 4.78 is 0. The molecule has 0 saturated carbocycles. The number of carbonyl (C=O) groups is 1. The lowest BCUT2D eigenvalue weighted by Gasteiger charge is -2.16. The smallest absolute Gasteiger partial charge is 0.237 e. The predicted octanol–water partition coefficient (Wildman–Crippen LogP) is 5.92. The van der Waals surface area contributed by atoms with Crippen molar-refractivity contribution in [1.82, 2.24) is 4.98 Å². The van der Waals surface area contributed by atoms with Gasteiger partial charge in [0.05, 0.1) is 15.8 Å². The van der Waals surface area contributed by atoms with Crippen LogP contribution in [0.2, 0.25) is 0 Å². The van der Waals surface area contributed by atoms with Crippen LogP contribution in [0, 0.1) is 13.8 Å². The molecule has 1 amide bonds. The van der Waals surface area contributed by atoms with Crippen molar-refractivity contribution in [3.63, 3.8) is 0 Å². The van der Waals surface area contributed by atoms with Gasteiger partial charge in [-0.05, 0) is 61.6 Å². The molecule has 4 heteroatoms. The highest BCUT2D eigenvalue weighted by molar-refractivity contribution is 8.00. The summed E-state index contributed by atoms with van der Waals surface area (Å²) in [4.78, 5) is 17.6. The molecular weight excluding hydrogens is 352 g/mol. The Kier molecular flexibility index (Phi) is 6.17. The molecular formula is C23H26N2OS. The zero-order valence-electron chi connectivity index (χ0n) is 16.4. The van der Waals surface area contributed by atoms with Gasteiger partial charge in [0.2, 0.25) is 5.91 Å². The van der Waals surface area contributed by atoms with Crippen LogP contribution in [-0.4, -0.2) is 16.1 Å². The number of thioether (sulfide) groups is 1. The molecule has 0 bridgehead atoms. The minimum atomic E-state index is -0.177. The predicted molar refractivity (Wildman–Crippen MR) is 116 cm³/mol. The molecule has 1 N–H and O–H groups in total. The van der Waals surface area contributed by atoms with Gasteiger partial charge in [0.15, 0.2) is 0 Å². The minimum Gasteiger partial charge on any atom is -0.325 e. The zero-order valence-corrected chi connectivity index (χ0v) is 17.2. The number of pyridine rings is 1. The van der Waals surface area contributed by atoms with Gasteiger partial charge in [0.1, 0.15) is 0 Å². The molecule has 2 aromatic carbocycles. The number of benzene rings is 2. The van der Waals surface area contributed by atoms with E-state index in [4.69, 9.17) is 4.98 Å². The van der Waals surface area contributed by atoms with Crippen LogP contribution in [0.15, 0.2) is 53.6 Å². The summed E-state index contributed by atoms with van der Waals surface area (Å²) in [6, 6.07) is 16.4. The van der Waals surface area contributed by atoms with Gasteiger partial charge in [-0.1, -0.05) is 55.9 Å². The van der Waals surface area contributed by atoms with Gasteiger partial charge in [-0.25, -0.2) is 4.98 Å². The quantitative estimate of drug-likeness (QED) is 0.541. The van der Waals surface area contributed by atoms with Gasteiger partial charge in [0, 0.05) is 11.1 Å². The highest BCUT2D eigenvalue weighted by Gasteiger charge is 2.19. The third kappa shape index (κ3) is 4.51. The second kappa shape index (κ2) is 8.57. The summed E-state index contributed by atoms with van der Waals surface area (Å²) in [7, 11) is 0. The summed E-state index contributed by atoms with van der Waals surface area (Å²) in [5.41, 5.74) is 5.48. The number of hydrogen-bond donors (Lipinski definition) is 1. The second-order valence-electron chi connectivity index (χ2n) is 6.80. The largest absolute Gasteiger partial charge is 0.325 e. The van der Waals surface area contributed by atoms with Crippen LogP contribution in [-0.2, 0) is 11.2 Å². The molecule has 1 heterocycles. The Balaban J connectivity index is 1.78. The minimum absolute atomic E-state index is 0.0242. The molecule has 0 spiro atoms. The number of amides is 1. The number of aryl methyl sites for hydroxylation is 3. The Hall–Kier alpha value is -2.33. The van der Waals surface area contributed by atoms with E-state index in [-0.39, 0.29) is 11.2 Å². The summed E-state index contributed by atoms with van der Waals surface area (Å²) in [6.45, 7) is 8.34. The fraction of sp³-hybridized carbons (Fsp3) is 0.304. The molecule has 1 aromatic heterocycles. The van der Waals surface area contributed by atoms with E-state index in [0.29, 0.717) is 0 Å². The molecule has 0 aliphatic rings. The SMILES string of the molecule is CCc1ccc(NC(=O)C(CC)Sc2cc(C)c3cccc(C)c3n2)cc1. The molecule has 3 aromatic rings. The van der Waals surface area contributed by atoms with Gasteiger partial charge in [-0.3, -0.25) is 4.79 Å². The highest BCUT2D eigenvalue weighted by atomic mass is 32.2. The summed E-state index contributed by atoms with van der Waals surface area (Å²) in [5.74, 6) is 0.0242. The summed E-state index contributed by atoms with van der Waals surface area (Å²) in [5, 5.41) is 4.94. The molecule has 0 aliphatic heterocycles. The standard InChI is InChI=1S/C23H26N2OS/c1-5-17-10-12-18(13-11-17)24-23(26)20(6-2)27-21-14-16(4)19-9-7-8-15(3)22(19)25-21/h7-14,20H,5-6H2,1-4H3,(H,24,26). The Bertz CT molecular complexity index is 950. The van der Waals surface area contributed by atoms with E-state index in [2.05, 4.69) is 62.5 Å². The molecule has 3 nitrogen and oxygen atoms in total. The number of hydrogen-bond acceptors (Lipinski definition) is 3. The number of nitrogens with one attached hydrogen (secondary N) is 1. The Labute approximate surface area is 165 Å². The van der Waals surface area contributed by atoms with Gasteiger partial charge in [-0.15, -0.1) is 0 Å². The zero-order chi connectivity index (χ0) is 19.4. The first-order valence-corrected chi connectivity index (χ1v) is 10.3. The van der Waals surface area contributed by atoms with E-state index in [1.807, 2.05) is 19.1 Å². The van der Waals surface area contributed by atoms with Crippen molar-refractivity contribution < 1.29 is 4.79 Å². The van der Waals surface area contributed by atoms with Crippen LogP contribution >= 0.6 is 11.8 Å². The average Bonchev–Trinajstić information content (AvgIpc) is 2.67. The lowest BCUT2D eigenvalue weighted by molar-refractivity contribution is -0.115. The second-order valence-corrected chi connectivity index (χ2v) is 8.03. The van der Waals surface area contributed by atoms with Crippen LogP contribution in [0.3, 0.4) is 0 Å². The topological polar surface area (TPSA) is 42.0 Å². The average molecular weight is 379 g/mol. The fourth-order valence-electron chi connectivity index (χ4n) is 3.11. The fourth-order valence-corrected chi connectivity index (χ4v) is 4.12. The maximum atomic E-state index is 12.8. The number of aromatic nitrogens is 1. The lowest BCUT2D eigenvalue weighted by atomic mass is 10.1. The van der Waals surface area contributed by atoms with Crippen molar-refractivity contribution in [2.24, 2.45) is 0 Å². The van der Waals surface area contributed by atoms with E-state index in [1.54, 1.807) is 0 Å². The Morgan fingerprint density at radius 2 is 1.81 bits per heavy atom. The number of rotatable bonds is 6. The van der Waals surface area contributed by atoms with Crippen molar-refractivity contribution in [2.75, 3.05) is 5.32 Å². The Morgan fingerprint density at radius 3 is 2.48 bits per heavy atom. The molecule has 140 valence electrons. The number of anilines is 1. The highest BCUT2D eigenvalue weighted by Crippen LogP contribution is 2.30. The van der Waals surface area contributed by atoms with Crippen LogP contribution in [0.5, 0.6) is 0 Å². The molecule has 27 heavy (non-hydrogen) atoms. The lowest BCUT2D eigenvalue weighted by Crippen LogP contribution is -2.24. The molecule has 1 atom stereocenters. The van der Waals surface area contributed by atoms with Crippen molar-refractivity contribution >= 4 is 34.3 Å². The third-order valence-electron chi connectivity index (χ3n) is 4.78. The van der Waals surface area contributed by atoms with Crippen molar-refractivity contribution in [1.29, 1.82) is 0 Å². The van der Waals surface area contributed by atoms with Crippen LogP contribution in [0.4, 0.5) is 5.69 Å². The monoisotopic (exact) mass is 378 g/mol. The summed E-state index contributed by atoms with van der Waals surface area (Å²) >= 11 is 1.54. The van der Waals surface area contributed by atoms with Gasteiger partial charge in [0.25, 0.3) is 0 Å². The molecule has 1 unspecified atom stereocenters. The number of fused-ring (bicyclic) bond motifs is 1. The maximum absolute atomic E-state index is 12.8. The molecule has 0 saturated heterocycles. The van der Waals surface area contributed by atoms with E-state index < -0.39 is 0 Å². The third-order valence-corrected chi connectivity index (χ3v) is 6.06. The van der Waals surface area contributed by atoms with Crippen LogP contribution < -0.4 is 5.32 Å². The molecule has 0 radical (unpaired) electrons. The van der Waals surface area contributed by atoms with Crippen molar-refractivity contribution in [3.05, 3.63) is 65.2 Å². The van der Waals surface area contributed by atoms with Crippen LogP contribution in [0.25, 0.3) is 10.9 Å². The van der Waals surface area contributed by atoms with Crippen molar-refractivity contribution in [2.45, 2.75) is 50.8 Å². The number of nitrogens with zero attached hydrogens (tertiary/aromatic N) is 1. The van der Waals surface area contributed by atoms with Gasteiger partial charge in [-0.2, -0.15) is 0 Å². The van der Waals surface area contributed by atoms with E-state index in [1.165, 1.54) is 28.3 Å². The van der Waals surface area contributed by atoms with E-state index in [9.17, 15) is 4.79 Å². The molecule has 0 fully saturated rings. The first-order valence-electron chi connectivity index (χ1n) is 9.45. The first kappa shape index (κ1) is 19.4. The van der Waals surface area contributed by atoms with Gasteiger partial charge >= 0.3 is 0 Å². The first-order chi connectivity index (χ1) is 13.0.